The van der Waals surface area contributed by atoms with Crippen LogP contribution in [0.3, 0.4) is 0 Å². The van der Waals surface area contributed by atoms with E-state index in [4.69, 9.17) is 62.8 Å². The summed E-state index contributed by atoms with van der Waals surface area (Å²) in [5, 5.41) is 11.7. The maximum absolute atomic E-state index is 6.01. The van der Waals surface area contributed by atoms with Gasteiger partial charge in [0.2, 0.25) is 0 Å². The van der Waals surface area contributed by atoms with Gasteiger partial charge in [-0.1, -0.05) is 96.9 Å². The van der Waals surface area contributed by atoms with Gasteiger partial charge in [-0.05, 0) is 104 Å². The number of nitrogens with zero attached hydrogens (tertiary/aromatic N) is 18. The van der Waals surface area contributed by atoms with Gasteiger partial charge in [-0.2, -0.15) is 0 Å². The molecule has 12 aromatic rings. The number of anilines is 9. The van der Waals surface area contributed by atoms with Crippen LogP contribution >= 0.6 is 23.5 Å². The minimum Gasteiger partial charge on any atom is -0.451 e. The van der Waals surface area contributed by atoms with Crippen LogP contribution in [0.4, 0.5) is 52.4 Å². The molecule has 0 unspecified atom stereocenters. The van der Waals surface area contributed by atoms with Crippen LogP contribution in [-0.2, 0) is 0 Å². The number of aryl methyl sites for hydroxylation is 6. The fraction of sp³-hybridized carbons (Fsp3) is 0.419. The molecule has 0 atom stereocenters. The number of rotatable bonds is 28. The van der Waals surface area contributed by atoms with Crippen molar-refractivity contribution in [1.29, 1.82) is 0 Å². The molecule has 0 saturated heterocycles. The topological polar surface area (TPSA) is 480 Å². The molecular weight excluding hydrogens is 1730 g/mol. The van der Waals surface area contributed by atoms with E-state index >= 15 is 0 Å². The minimum atomic E-state index is 0.0790. The SMILES string of the molecule is CCNc1cc(Oc2cnc(C)nc2N)c(C(C)C)cn1.CCSc1cc(Oc2cnc(C)nc2N)c(C(C)C)cn1.C[Se]c1cc(Oc2cnc(C)nc2N)c(C(C)C)cn1.Cc1ncc(Oc2cc(NC(C)C)ncc2C(C)C)c(N)n1.Cc1ncc(Oc2cc(NC3CC3)ncc2C(C)C)c(N)n1.Cc1ncc(Oc2cc(SC(C)(C)C)ncc2C(C)C)c(N)n1. The van der Waals surface area contributed by atoms with Gasteiger partial charge in [0.25, 0.3) is 0 Å². The molecule has 0 aromatic carbocycles. The molecule has 0 radical (unpaired) electrons. The molecule has 13 rings (SSSR count). The zero-order chi connectivity index (χ0) is 94.7. The minimum absolute atomic E-state index is 0.0790. The van der Waals surface area contributed by atoms with E-state index in [1.165, 1.54) is 12.8 Å². The van der Waals surface area contributed by atoms with E-state index in [0.29, 0.717) is 155 Å². The molecule has 1 fully saturated rings. The number of nitrogen functional groups attached to an aromatic ring is 6. The Morgan fingerprint density at radius 1 is 0.349 bits per heavy atom. The Labute approximate surface area is 773 Å². The van der Waals surface area contributed by atoms with Crippen LogP contribution in [0, 0.1) is 41.5 Å². The number of thioether (sulfide) groups is 2. The second kappa shape index (κ2) is 48.1. The summed E-state index contributed by atoms with van der Waals surface area (Å²) >= 11 is 3.69. The van der Waals surface area contributed by atoms with Crippen LogP contribution in [0.15, 0.2) is 121 Å². The summed E-state index contributed by atoms with van der Waals surface area (Å²) in [7, 11) is 0. The Bertz CT molecular complexity index is 5470. The predicted molar refractivity (Wildman–Crippen MR) is 520 cm³/mol. The summed E-state index contributed by atoms with van der Waals surface area (Å²) in [4.78, 5) is 76.3. The van der Waals surface area contributed by atoms with E-state index in [0.717, 1.165) is 107 Å². The molecule has 36 heteroatoms. The summed E-state index contributed by atoms with van der Waals surface area (Å²) in [5.74, 6) is 20.3. The maximum Gasteiger partial charge on any atom is 0.187 e. The summed E-state index contributed by atoms with van der Waals surface area (Å²) in [6.07, 6.45) is 23.1. The van der Waals surface area contributed by atoms with Gasteiger partial charge >= 0.3 is 125 Å². The van der Waals surface area contributed by atoms with Gasteiger partial charge in [0.05, 0.1) is 36.0 Å². The zero-order valence-electron chi connectivity index (χ0n) is 79.0. The Morgan fingerprint density at radius 2 is 0.620 bits per heavy atom. The molecule has 129 heavy (non-hydrogen) atoms. The van der Waals surface area contributed by atoms with Crippen molar-refractivity contribution in [2.45, 2.75) is 254 Å². The molecule has 33 nitrogen and oxygen atoms in total. The second-order valence-electron chi connectivity index (χ2n) is 33.1. The van der Waals surface area contributed by atoms with Crippen molar-refractivity contribution in [3.05, 3.63) is 179 Å². The van der Waals surface area contributed by atoms with E-state index < -0.39 is 0 Å². The summed E-state index contributed by atoms with van der Waals surface area (Å²) in [6.45, 7) is 51.4. The van der Waals surface area contributed by atoms with E-state index in [9.17, 15) is 0 Å². The van der Waals surface area contributed by atoms with Crippen molar-refractivity contribution < 1.29 is 28.4 Å². The van der Waals surface area contributed by atoms with Crippen LogP contribution in [0.2, 0.25) is 5.82 Å². The molecule has 12 heterocycles. The number of hydrogen-bond acceptors (Lipinski definition) is 35. The molecule has 0 bridgehead atoms. The van der Waals surface area contributed by atoms with Crippen LogP contribution in [0.5, 0.6) is 69.0 Å². The van der Waals surface area contributed by atoms with Crippen molar-refractivity contribution in [1.82, 2.24) is 89.7 Å². The number of nitrogens with two attached hydrogens (primary N) is 6. The Morgan fingerprint density at radius 3 is 0.907 bits per heavy atom. The van der Waals surface area contributed by atoms with Crippen LogP contribution in [0.25, 0.3) is 0 Å². The number of hydrogen-bond donors (Lipinski definition) is 9. The van der Waals surface area contributed by atoms with Crippen molar-refractivity contribution in [2.75, 3.05) is 62.6 Å². The number of aromatic nitrogens is 18. The van der Waals surface area contributed by atoms with Crippen LogP contribution < -0.4 is 83.4 Å². The van der Waals surface area contributed by atoms with E-state index in [2.05, 4.69) is 236 Å². The molecule has 688 valence electrons. The van der Waals surface area contributed by atoms with Crippen molar-refractivity contribution in [2.24, 2.45) is 0 Å². The fourth-order valence-corrected chi connectivity index (χ4v) is 14.0. The molecule has 1 aliphatic carbocycles. The first kappa shape index (κ1) is 102. The smallest absolute Gasteiger partial charge is 0.187 e. The van der Waals surface area contributed by atoms with Crippen molar-refractivity contribution in [3.63, 3.8) is 0 Å². The predicted octanol–water partition coefficient (Wildman–Crippen LogP) is 20.3. The van der Waals surface area contributed by atoms with Crippen LogP contribution in [0.1, 0.15) is 248 Å². The molecule has 1 aliphatic rings. The number of pyridine rings is 6. The Kier molecular flexibility index (Phi) is 38.1. The molecule has 1 saturated carbocycles. The Balaban J connectivity index is 0.000000191. The number of nitrogens with one attached hydrogen (secondary N) is 3. The van der Waals surface area contributed by atoms with E-state index in [-0.39, 0.29) is 22.6 Å². The van der Waals surface area contributed by atoms with Gasteiger partial charge < -0.3 is 68.3 Å². The molecular formula is C93H127N27O6S2Se. The van der Waals surface area contributed by atoms with Crippen molar-refractivity contribution >= 4 is 95.4 Å². The monoisotopic (exact) mass is 1860 g/mol. The van der Waals surface area contributed by atoms with Gasteiger partial charge in [0, 0.05) is 113 Å². The Hall–Kier alpha value is -12.4. The summed E-state index contributed by atoms with van der Waals surface area (Å²) in [6, 6.07) is 12.4. The zero-order valence-corrected chi connectivity index (χ0v) is 82.4. The number of ether oxygens (including phenoxy) is 6. The molecule has 0 spiro atoms. The first-order chi connectivity index (χ1) is 61.1. The largest absolute Gasteiger partial charge is 0.451 e. The molecule has 12 aromatic heterocycles. The standard InChI is InChI=1S/C17H24N4OS.C16H21N5O.C16H23N5O.C15H21N5O.C15H20N4OS.C14H18N4OSe/c1-10(2)12-8-20-15(23-17(4,5)6)7-13(12)22-14-9-19-11(3)21-16(14)18;1-9(2)12-7-19-15(21-11-4-5-11)6-13(12)22-14-8-18-10(3)20-16(14)17;1-9(2)12-7-19-15(20-10(3)4)6-13(12)22-14-8-18-11(5)21-16(14)17;1-5-17-14-6-12(11(7-19-14)9(2)3)21-13-8-18-10(4)20-15(13)16;1-5-21-14-6-12(11(7-18-14)9(2)3)20-13-8-17-10(4)19-15(13)16;1-8(2)10-6-17-13(20-4)5-11(10)19-12-7-16-9(3)18-14(12)15/h7-10H,1-6H3,(H2,18,19,21);6-9,11H,4-5H2,1-3H3,(H,19,21)(H2,17,18,20);6-10H,1-5H3,(H,19,20)(H2,17,18,21);6-9H,5H2,1-4H3,(H,17,19)(H2,16,18,20);6-9H,5H2,1-4H3,(H2,16,17,19);5-8H,1-4H3,(H2,15,16,18). The van der Waals surface area contributed by atoms with Gasteiger partial charge in [0.1, 0.15) is 80.3 Å². The first-order valence-corrected chi connectivity index (χ1v) is 47.2. The quantitative estimate of drug-likeness (QED) is 0.0162. The second-order valence-corrected chi connectivity index (χ2v) is 38.0. The first-order valence-electron chi connectivity index (χ1n) is 42.8. The van der Waals surface area contributed by atoms with Gasteiger partial charge in [0.15, 0.2) is 57.8 Å². The fourth-order valence-electron chi connectivity index (χ4n) is 11.7. The average molecular weight is 1860 g/mol. The van der Waals surface area contributed by atoms with Gasteiger partial charge in [-0.15, -0.1) is 23.5 Å². The van der Waals surface area contributed by atoms with Gasteiger partial charge in [-0.3, -0.25) is 0 Å². The molecule has 0 amide bonds. The van der Waals surface area contributed by atoms with Gasteiger partial charge in [-0.25, -0.2) is 74.8 Å². The van der Waals surface area contributed by atoms with E-state index in [1.54, 1.807) is 102 Å². The third-order valence-corrected chi connectivity index (χ3v) is 21.6. The molecule has 0 aliphatic heterocycles. The van der Waals surface area contributed by atoms with Crippen LogP contribution in [-0.4, -0.2) is 134 Å². The maximum atomic E-state index is 6.01. The average Bonchev–Trinajstić information content (AvgIpc) is 1.82. The summed E-state index contributed by atoms with van der Waals surface area (Å²) in [5.41, 5.74) is 41.6. The third-order valence-electron chi connectivity index (χ3n) is 18.4. The third kappa shape index (κ3) is 32.1. The summed E-state index contributed by atoms with van der Waals surface area (Å²) < 4.78 is 36.8. The van der Waals surface area contributed by atoms with E-state index in [1.807, 2.05) is 80.5 Å². The normalized spacial score (nSPS) is 11.6. The van der Waals surface area contributed by atoms with Crippen molar-refractivity contribution in [3.8, 4) is 69.0 Å². The molecule has 15 N–H and O–H groups in total.